The maximum Gasteiger partial charge on any atom is 0.307 e. The topological polar surface area (TPSA) is 64.6 Å². The Morgan fingerprint density at radius 2 is 1.77 bits per heavy atom. The summed E-state index contributed by atoms with van der Waals surface area (Å²) in [5.41, 5.74) is 0.739. The lowest BCUT2D eigenvalue weighted by molar-refractivity contribution is -0.141. The van der Waals surface area contributed by atoms with Crippen molar-refractivity contribution in [2.24, 2.45) is 0 Å². The van der Waals surface area contributed by atoms with Gasteiger partial charge in [-0.1, -0.05) is 41.4 Å². The highest BCUT2D eigenvalue weighted by Crippen LogP contribution is 2.21. The van der Waals surface area contributed by atoms with E-state index in [0.29, 0.717) is 15.8 Å². The van der Waals surface area contributed by atoms with E-state index in [0.717, 1.165) is 5.56 Å². The number of rotatable bonds is 7. The number of carbonyl (C=O) groups is 2. The van der Waals surface area contributed by atoms with Crippen molar-refractivity contribution < 1.29 is 19.1 Å². The maximum atomic E-state index is 12.5. The third-order valence-corrected chi connectivity index (χ3v) is 4.15. The second-order valence-electron chi connectivity index (χ2n) is 5.61. The van der Waals surface area contributed by atoms with Crippen molar-refractivity contribution in [1.29, 1.82) is 0 Å². The molecule has 2 unspecified atom stereocenters. The van der Waals surface area contributed by atoms with Crippen LogP contribution < -0.4 is 10.1 Å². The average molecular weight is 396 g/mol. The minimum atomic E-state index is -0.777. The van der Waals surface area contributed by atoms with Gasteiger partial charge >= 0.3 is 5.97 Å². The highest BCUT2D eigenvalue weighted by Gasteiger charge is 2.23. The highest BCUT2D eigenvalue weighted by atomic mass is 35.5. The van der Waals surface area contributed by atoms with Gasteiger partial charge in [0.2, 0.25) is 0 Å². The number of methoxy groups -OCH3 is 1. The summed E-state index contributed by atoms with van der Waals surface area (Å²) in [6.45, 7) is 1.62. The predicted molar refractivity (Wildman–Crippen MR) is 101 cm³/mol. The van der Waals surface area contributed by atoms with Crippen LogP contribution in [0.3, 0.4) is 0 Å². The molecule has 0 bridgehead atoms. The molecule has 0 saturated carbocycles. The van der Waals surface area contributed by atoms with Gasteiger partial charge in [0.15, 0.2) is 6.10 Å². The molecule has 2 atom stereocenters. The molecular formula is C19H19Cl2NO4. The predicted octanol–water partition coefficient (Wildman–Crippen LogP) is 4.18. The van der Waals surface area contributed by atoms with Crippen LogP contribution in [-0.2, 0) is 14.3 Å². The maximum absolute atomic E-state index is 12.5. The number of benzene rings is 2. The molecule has 2 rings (SSSR count). The summed E-state index contributed by atoms with van der Waals surface area (Å²) >= 11 is 11.8. The van der Waals surface area contributed by atoms with Gasteiger partial charge < -0.3 is 14.8 Å². The third kappa shape index (κ3) is 5.93. The fourth-order valence-electron chi connectivity index (χ4n) is 2.28. The summed E-state index contributed by atoms with van der Waals surface area (Å²) in [6, 6.07) is 13.1. The average Bonchev–Trinajstić information content (AvgIpc) is 2.61. The third-order valence-electron chi connectivity index (χ3n) is 3.67. The van der Waals surface area contributed by atoms with Gasteiger partial charge in [0.25, 0.3) is 5.91 Å². The van der Waals surface area contributed by atoms with Gasteiger partial charge in [0.1, 0.15) is 5.75 Å². The van der Waals surface area contributed by atoms with Crippen LogP contribution in [0, 0.1) is 0 Å². The summed E-state index contributed by atoms with van der Waals surface area (Å²) in [4.78, 5) is 24.2. The van der Waals surface area contributed by atoms with Crippen molar-refractivity contribution in [3.63, 3.8) is 0 Å². The standard InChI is InChI=1S/C19H19Cl2NO4/c1-12(26-16-5-3-4-15(21)10-16)19(24)22-17(11-18(23)25-2)13-6-8-14(20)9-7-13/h3-10,12,17H,11H2,1-2H3,(H,22,24). The molecule has 0 aromatic heterocycles. The van der Waals surface area contributed by atoms with E-state index < -0.39 is 18.1 Å². The lowest BCUT2D eigenvalue weighted by Gasteiger charge is -2.21. The molecule has 26 heavy (non-hydrogen) atoms. The second kappa shape index (κ2) is 9.46. The van der Waals surface area contributed by atoms with Crippen molar-refractivity contribution in [2.45, 2.75) is 25.5 Å². The Morgan fingerprint density at radius 1 is 1.08 bits per heavy atom. The van der Waals surface area contributed by atoms with Gasteiger partial charge in [-0.2, -0.15) is 0 Å². The first-order valence-corrected chi connectivity index (χ1v) is 8.69. The molecule has 0 aliphatic rings. The van der Waals surface area contributed by atoms with Crippen molar-refractivity contribution >= 4 is 35.1 Å². The number of hydrogen-bond donors (Lipinski definition) is 1. The first-order valence-electron chi connectivity index (χ1n) is 7.94. The molecule has 138 valence electrons. The minimum absolute atomic E-state index is 0.00619. The van der Waals surface area contributed by atoms with Crippen LogP contribution in [0.5, 0.6) is 5.75 Å². The molecule has 1 N–H and O–H groups in total. The molecule has 0 aliphatic heterocycles. The van der Waals surface area contributed by atoms with Gasteiger partial charge in [-0.3, -0.25) is 9.59 Å². The van der Waals surface area contributed by atoms with Crippen LogP contribution in [-0.4, -0.2) is 25.1 Å². The molecule has 2 aromatic carbocycles. The number of ether oxygens (including phenoxy) is 2. The Labute approximate surface area is 162 Å². The number of halogens is 2. The molecule has 2 aromatic rings. The first kappa shape index (κ1) is 20.1. The zero-order chi connectivity index (χ0) is 19.1. The van der Waals surface area contributed by atoms with Gasteiger partial charge in [-0.15, -0.1) is 0 Å². The molecule has 1 amide bonds. The Hall–Kier alpha value is -2.24. The molecule has 0 saturated heterocycles. The summed E-state index contributed by atoms with van der Waals surface area (Å²) < 4.78 is 10.3. The van der Waals surface area contributed by atoms with Crippen LogP contribution in [0.4, 0.5) is 0 Å². The lowest BCUT2D eigenvalue weighted by atomic mass is 10.0. The van der Waals surface area contributed by atoms with Crippen molar-refractivity contribution in [1.82, 2.24) is 5.32 Å². The van der Waals surface area contributed by atoms with E-state index in [1.165, 1.54) is 7.11 Å². The summed E-state index contributed by atoms with van der Waals surface area (Å²) in [7, 11) is 1.30. The smallest absolute Gasteiger partial charge is 0.307 e. The molecule has 0 aliphatic carbocycles. The van der Waals surface area contributed by atoms with E-state index in [4.69, 9.17) is 32.7 Å². The van der Waals surface area contributed by atoms with Crippen LogP contribution in [0.1, 0.15) is 24.9 Å². The van der Waals surface area contributed by atoms with E-state index in [2.05, 4.69) is 5.32 Å². The van der Waals surface area contributed by atoms with E-state index in [-0.39, 0.29) is 12.3 Å². The zero-order valence-electron chi connectivity index (χ0n) is 14.4. The van der Waals surface area contributed by atoms with Crippen LogP contribution >= 0.6 is 23.2 Å². The summed E-state index contributed by atoms with van der Waals surface area (Å²) in [5, 5.41) is 3.89. The molecule has 7 heteroatoms. The second-order valence-corrected chi connectivity index (χ2v) is 6.48. The van der Waals surface area contributed by atoms with E-state index >= 15 is 0 Å². The number of carbonyl (C=O) groups excluding carboxylic acids is 2. The molecule has 5 nitrogen and oxygen atoms in total. The largest absolute Gasteiger partial charge is 0.481 e. The minimum Gasteiger partial charge on any atom is -0.481 e. The van der Waals surface area contributed by atoms with Gasteiger partial charge in [-0.05, 0) is 42.8 Å². The Kier molecular flexibility index (Phi) is 7.30. The van der Waals surface area contributed by atoms with Gasteiger partial charge in [0.05, 0.1) is 19.6 Å². The Bertz CT molecular complexity index is 764. The quantitative estimate of drug-likeness (QED) is 0.714. The highest BCUT2D eigenvalue weighted by molar-refractivity contribution is 6.30. The Morgan fingerprint density at radius 3 is 2.38 bits per heavy atom. The number of hydrogen-bond acceptors (Lipinski definition) is 4. The molecule has 0 fully saturated rings. The Balaban J connectivity index is 2.09. The van der Waals surface area contributed by atoms with E-state index in [9.17, 15) is 9.59 Å². The summed E-state index contributed by atoms with van der Waals surface area (Å²) in [6.07, 6.45) is -0.783. The normalized spacial score (nSPS) is 12.8. The van der Waals surface area contributed by atoms with Gasteiger partial charge in [0, 0.05) is 10.0 Å². The van der Waals surface area contributed by atoms with Crippen LogP contribution in [0.15, 0.2) is 48.5 Å². The van der Waals surface area contributed by atoms with E-state index in [1.807, 2.05) is 0 Å². The van der Waals surface area contributed by atoms with Gasteiger partial charge in [-0.25, -0.2) is 0 Å². The van der Waals surface area contributed by atoms with Crippen LogP contribution in [0.2, 0.25) is 10.0 Å². The molecule has 0 heterocycles. The lowest BCUT2D eigenvalue weighted by Crippen LogP contribution is -2.39. The monoisotopic (exact) mass is 395 g/mol. The van der Waals surface area contributed by atoms with Crippen molar-refractivity contribution in [3.8, 4) is 5.75 Å². The fraction of sp³-hybridized carbons (Fsp3) is 0.263. The van der Waals surface area contributed by atoms with Crippen molar-refractivity contribution in [2.75, 3.05) is 7.11 Å². The number of amides is 1. The molecular weight excluding hydrogens is 377 g/mol. The number of nitrogens with one attached hydrogen (secondary N) is 1. The molecule has 0 radical (unpaired) electrons. The van der Waals surface area contributed by atoms with Crippen molar-refractivity contribution in [3.05, 3.63) is 64.1 Å². The fourth-order valence-corrected chi connectivity index (χ4v) is 2.59. The summed E-state index contributed by atoms with van der Waals surface area (Å²) in [5.74, 6) is -0.321. The first-order chi connectivity index (χ1) is 12.4. The van der Waals surface area contributed by atoms with Crippen LogP contribution in [0.25, 0.3) is 0 Å². The van der Waals surface area contributed by atoms with E-state index in [1.54, 1.807) is 55.5 Å². The molecule has 0 spiro atoms. The zero-order valence-corrected chi connectivity index (χ0v) is 15.9. The number of esters is 1. The SMILES string of the molecule is COC(=O)CC(NC(=O)C(C)Oc1cccc(Cl)c1)c1ccc(Cl)cc1.